The van der Waals surface area contributed by atoms with E-state index in [1.54, 1.807) is 24.3 Å². The molecule has 0 atom stereocenters. The molecule has 1 aliphatic rings. The predicted octanol–water partition coefficient (Wildman–Crippen LogP) is 4.05. The number of allylic oxidation sites excluding steroid dienone is 3. The van der Waals surface area contributed by atoms with Crippen LogP contribution >= 0.6 is 0 Å². The first-order chi connectivity index (χ1) is 10.1. The van der Waals surface area contributed by atoms with Crippen LogP contribution in [0, 0.1) is 28.6 Å². The smallest absolute Gasteiger partial charge is 0.387 e. The number of ether oxygens (including phenoxy) is 1. The number of nitriles is 2. The van der Waals surface area contributed by atoms with Gasteiger partial charge in [-0.25, -0.2) is 0 Å². The SMILES string of the molecule is N#CC(C#N)=C(/C=C/c1ccc(OC(F)F)cc1)C1CC1. The van der Waals surface area contributed by atoms with Crippen LogP contribution in [0.3, 0.4) is 0 Å². The summed E-state index contributed by atoms with van der Waals surface area (Å²) in [4.78, 5) is 0. The highest BCUT2D eigenvalue weighted by molar-refractivity contribution is 5.58. The fourth-order valence-corrected chi connectivity index (χ4v) is 1.92. The summed E-state index contributed by atoms with van der Waals surface area (Å²) in [5.41, 5.74) is 1.66. The topological polar surface area (TPSA) is 56.8 Å². The molecule has 0 amide bonds. The molecule has 0 aliphatic heterocycles. The zero-order chi connectivity index (χ0) is 15.2. The van der Waals surface area contributed by atoms with E-state index >= 15 is 0 Å². The fourth-order valence-electron chi connectivity index (χ4n) is 1.92. The van der Waals surface area contributed by atoms with Crippen molar-refractivity contribution in [3.8, 4) is 17.9 Å². The third-order valence-corrected chi connectivity index (χ3v) is 3.09. The molecule has 2 rings (SSSR count). The highest BCUT2D eigenvalue weighted by atomic mass is 19.3. The first-order valence-electron chi connectivity index (χ1n) is 6.41. The van der Waals surface area contributed by atoms with Crippen molar-refractivity contribution in [3.63, 3.8) is 0 Å². The van der Waals surface area contributed by atoms with Crippen molar-refractivity contribution in [2.24, 2.45) is 5.92 Å². The van der Waals surface area contributed by atoms with Crippen molar-refractivity contribution < 1.29 is 13.5 Å². The second kappa shape index (κ2) is 6.67. The summed E-state index contributed by atoms with van der Waals surface area (Å²) < 4.78 is 28.3. The number of halogens is 2. The number of hydrogen-bond donors (Lipinski definition) is 0. The lowest BCUT2D eigenvalue weighted by Gasteiger charge is -2.04. The van der Waals surface area contributed by atoms with E-state index in [0.29, 0.717) is 0 Å². The molecule has 106 valence electrons. The Kier molecular flexibility index (Phi) is 4.68. The summed E-state index contributed by atoms with van der Waals surface area (Å²) in [6.07, 6.45) is 5.47. The van der Waals surface area contributed by atoms with Crippen LogP contribution in [0.5, 0.6) is 5.75 Å². The van der Waals surface area contributed by atoms with Gasteiger partial charge in [0, 0.05) is 0 Å². The van der Waals surface area contributed by atoms with Crippen LogP contribution in [0.4, 0.5) is 8.78 Å². The average Bonchev–Trinajstić information content (AvgIpc) is 3.29. The van der Waals surface area contributed by atoms with Gasteiger partial charge in [-0.05, 0) is 42.0 Å². The van der Waals surface area contributed by atoms with E-state index in [1.165, 1.54) is 12.1 Å². The molecule has 21 heavy (non-hydrogen) atoms. The van der Waals surface area contributed by atoms with E-state index in [4.69, 9.17) is 10.5 Å². The number of rotatable bonds is 5. The molecule has 0 bridgehead atoms. The van der Waals surface area contributed by atoms with Crippen LogP contribution < -0.4 is 4.74 Å². The normalized spacial score (nSPS) is 13.8. The second-order valence-corrected chi connectivity index (χ2v) is 4.61. The van der Waals surface area contributed by atoms with Gasteiger partial charge in [0.1, 0.15) is 23.5 Å². The van der Waals surface area contributed by atoms with Gasteiger partial charge in [0.15, 0.2) is 0 Å². The summed E-state index contributed by atoms with van der Waals surface area (Å²) in [6, 6.07) is 9.97. The van der Waals surface area contributed by atoms with Gasteiger partial charge in [0.2, 0.25) is 0 Å². The maximum absolute atomic E-state index is 12.0. The molecule has 0 spiro atoms. The maximum Gasteiger partial charge on any atom is 0.387 e. The van der Waals surface area contributed by atoms with Crippen LogP contribution in [0.1, 0.15) is 18.4 Å². The summed E-state index contributed by atoms with van der Waals surface area (Å²) in [5, 5.41) is 17.9. The van der Waals surface area contributed by atoms with Gasteiger partial charge in [-0.3, -0.25) is 0 Å². The molecule has 3 nitrogen and oxygen atoms in total. The molecular weight excluding hydrogens is 274 g/mol. The van der Waals surface area contributed by atoms with Crippen LogP contribution in [0.15, 0.2) is 41.5 Å². The Bertz CT molecular complexity index is 628. The standard InChI is InChI=1S/C16H12F2N2O/c17-16(18)21-14-6-1-11(2-7-14)3-8-15(12-4-5-12)13(9-19)10-20/h1-3,6-8,12,16H,4-5H2/b8-3+. The van der Waals surface area contributed by atoms with E-state index in [0.717, 1.165) is 24.0 Å². The van der Waals surface area contributed by atoms with Crippen molar-refractivity contribution >= 4 is 6.08 Å². The first kappa shape index (κ1) is 14.7. The predicted molar refractivity (Wildman–Crippen MR) is 73.1 cm³/mol. The van der Waals surface area contributed by atoms with Crippen molar-refractivity contribution in [2.75, 3.05) is 0 Å². The highest BCUT2D eigenvalue weighted by Crippen LogP contribution is 2.38. The van der Waals surface area contributed by atoms with Gasteiger partial charge in [-0.1, -0.05) is 24.3 Å². The third kappa shape index (κ3) is 4.15. The fraction of sp³-hybridized carbons (Fsp3) is 0.250. The summed E-state index contributed by atoms with van der Waals surface area (Å²) in [7, 11) is 0. The average molecular weight is 286 g/mol. The number of nitrogens with zero attached hydrogens (tertiary/aromatic N) is 2. The molecule has 0 unspecified atom stereocenters. The van der Waals surface area contributed by atoms with Gasteiger partial charge < -0.3 is 4.74 Å². The molecule has 1 aliphatic carbocycles. The van der Waals surface area contributed by atoms with Crippen molar-refractivity contribution in [2.45, 2.75) is 19.5 Å². The molecule has 1 fully saturated rings. The number of benzene rings is 1. The van der Waals surface area contributed by atoms with E-state index in [9.17, 15) is 8.78 Å². The lowest BCUT2D eigenvalue weighted by Crippen LogP contribution is -2.01. The largest absolute Gasteiger partial charge is 0.435 e. The second-order valence-electron chi connectivity index (χ2n) is 4.61. The molecule has 0 N–H and O–H groups in total. The molecule has 1 aromatic carbocycles. The molecule has 1 saturated carbocycles. The molecule has 0 saturated heterocycles. The minimum absolute atomic E-state index is 0.0925. The van der Waals surface area contributed by atoms with E-state index in [1.807, 2.05) is 12.1 Å². The van der Waals surface area contributed by atoms with Gasteiger partial charge >= 0.3 is 6.61 Å². The minimum atomic E-state index is -2.84. The van der Waals surface area contributed by atoms with Crippen molar-refractivity contribution in [1.29, 1.82) is 10.5 Å². The molecule has 0 heterocycles. The van der Waals surface area contributed by atoms with Gasteiger partial charge in [0.05, 0.1) is 0 Å². The van der Waals surface area contributed by atoms with E-state index < -0.39 is 6.61 Å². The Hall–Kier alpha value is -2.66. The van der Waals surface area contributed by atoms with Gasteiger partial charge in [0.25, 0.3) is 0 Å². The molecule has 5 heteroatoms. The highest BCUT2D eigenvalue weighted by Gasteiger charge is 2.27. The van der Waals surface area contributed by atoms with Crippen LogP contribution in [0.2, 0.25) is 0 Å². The third-order valence-electron chi connectivity index (χ3n) is 3.09. The minimum Gasteiger partial charge on any atom is -0.435 e. The molecular formula is C16H12F2N2O. The summed E-state index contributed by atoms with van der Waals surface area (Å²) in [6.45, 7) is -2.84. The lowest BCUT2D eigenvalue weighted by molar-refractivity contribution is -0.0498. The number of hydrogen-bond acceptors (Lipinski definition) is 3. The molecule has 0 aromatic heterocycles. The zero-order valence-corrected chi connectivity index (χ0v) is 11.1. The zero-order valence-electron chi connectivity index (χ0n) is 11.1. The molecule has 1 aromatic rings. The Labute approximate surface area is 121 Å². The van der Waals surface area contributed by atoms with Crippen LogP contribution in [-0.2, 0) is 0 Å². The quantitative estimate of drug-likeness (QED) is 0.606. The van der Waals surface area contributed by atoms with Crippen molar-refractivity contribution in [3.05, 3.63) is 47.1 Å². The first-order valence-corrected chi connectivity index (χ1v) is 6.41. The van der Waals surface area contributed by atoms with Gasteiger partial charge in [-0.15, -0.1) is 0 Å². The monoisotopic (exact) mass is 286 g/mol. The Morgan fingerprint density at radius 2 is 1.81 bits per heavy atom. The Morgan fingerprint density at radius 1 is 1.19 bits per heavy atom. The van der Waals surface area contributed by atoms with E-state index in [-0.39, 0.29) is 17.2 Å². The summed E-state index contributed by atoms with van der Waals surface area (Å²) >= 11 is 0. The van der Waals surface area contributed by atoms with Crippen molar-refractivity contribution in [1.82, 2.24) is 0 Å². The van der Waals surface area contributed by atoms with Crippen LogP contribution in [-0.4, -0.2) is 6.61 Å². The lowest BCUT2D eigenvalue weighted by atomic mass is 10.0. The Morgan fingerprint density at radius 3 is 2.29 bits per heavy atom. The van der Waals surface area contributed by atoms with Crippen LogP contribution in [0.25, 0.3) is 6.08 Å². The Balaban J connectivity index is 2.15. The van der Waals surface area contributed by atoms with E-state index in [2.05, 4.69) is 4.74 Å². The number of alkyl halides is 2. The maximum atomic E-state index is 12.0. The summed E-state index contributed by atoms with van der Waals surface area (Å²) in [5.74, 6) is 0.367. The van der Waals surface area contributed by atoms with Gasteiger partial charge in [-0.2, -0.15) is 19.3 Å². The molecule has 0 radical (unpaired) electrons.